The van der Waals surface area contributed by atoms with Crippen molar-refractivity contribution in [3.8, 4) is 0 Å². The lowest BCUT2D eigenvalue weighted by Gasteiger charge is -2.12. The largest absolute Gasteiger partial charge is 0.381 e. The third kappa shape index (κ3) is 3.61. The molecule has 1 aliphatic heterocycles. The fourth-order valence-electron chi connectivity index (χ4n) is 3.57. The molecule has 28 heavy (non-hydrogen) atoms. The van der Waals surface area contributed by atoms with Gasteiger partial charge in [-0.1, -0.05) is 18.6 Å². The van der Waals surface area contributed by atoms with Crippen molar-refractivity contribution in [1.29, 1.82) is 0 Å². The Bertz CT molecular complexity index is 1070. The second-order valence-corrected chi connectivity index (χ2v) is 7.02. The molecular formula is C21H22N4O3. The fraction of sp³-hybridized carbons (Fsp3) is 0.286. The number of benzene rings is 2. The van der Waals surface area contributed by atoms with Gasteiger partial charge in [0.1, 0.15) is 5.82 Å². The molecule has 3 aromatic rings. The topological polar surface area (TPSA) is 96.2 Å². The summed E-state index contributed by atoms with van der Waals surface area (Å²) >= 11 is 0. The second kappa shape index (κ2) is 7.82. The van der Waals surface area contributed by atoms with Crippen LogP contribution >= 0.6 is 0 Å². The number of aryl methyl sites for hydroxylation is 1. The van der Waals surface area contributed by atoms with Crippen LogP contribution in [0, 0.1) is 0 Å². The Morgan fingerprint density at radius 2 is 1.93 bits per heavy atom. The third-order valence-electron chi connectivity index (χ3n) is 5.13. The van der Waals surface area contributed by atoms with Gasteiger partial charge in [0, 0.05) is 30.8 Å². The van der Waals surface area contributed by atoms with E-state index in [4.69, 9.17) is 10.2 Å². The lowest BCUT2D eigenvalue weighted by molar-refractivity contribution is 0.0706. The minimum absolute atomic E-state index is 0.0323. The minimum atomic E-state index is -0.541. The summed E-state index contributed by atoms with van der Waals surface area (Å²) in [6, 6.07) is 12.6. The van der Waals surface area contributed by atoms with E-state index >= 15 is 0 Å². The van der Waals surface area contributed by atoms with E-state index in [0.29, 0.717) is 17.5 Å². The molecule has 2 heterocycles. The number of fused-ring (bicyclic) bond motifs is 2. The molecule has 1 aliphatic rings. The Hall–Kier alpha value is -3.19. The molecule has 0 unspecified atom stereocenters. The van der Waals surface area contributed by atoms with Crippen LogP contribution in [-0.4, -0.2) is 20.7 Å². The molecule has 1 amide bonds. The number of anilines is 1. The lowest BCUT2D eigenvalue weighted by atomic mass is 10.1. The summed E-state index contributed by atoms with van der Waals surface area (Å²) in [6.07, 6.45) is 4.08. The maximum Gasteiger partial charge on any atom is 0.274 e. The summed E-state index contributed by atoms with van der Waals surface area (Å²) in [5, 5.41) is 12.6. The van der Waals surface area contributed by atoms with Crippen molar-refractivity contribution in [2.24, 2.45) is 0 Å². The van der Waals surface area contributed by atoms with Crippen LogP contribution in [0.2, 0.25) is 0 Å². The van der Waals surface area contributed by atoms with E-state index < -0.39 is 5.91 Å². The van der Waals surface area contributed by atoms with Crippen LogP contribution in [0.3, 0.4) is 0 Å². The van der Waals surface area contributed by atoms with Gasteiger partial charge in [-0.25, -0.2) is 10.5 Å². The van der Waals surface area contributed by atoms with Gasteiger partial charge in [-0.05, 0) is 48.7 Å². The monoisotopic (exact) mass is 378 g/mol. The standard InChI is InChI=1S/C21H22N4O3/c26-20(24-28)15-7-5-14(6-8-15)13-22-16-9-10-18-17(12-16)21(27)25-11-3-1-2-4-19(25)23-18/h5-10,12,22,28H,1-4,11,13H2,(H,24,26). The molecule has 0 saturated carbocycles. The highest BCUT2D eigenvalue weighted by Gasteiger charge is 2.14. The molecule has 0 radical (unpaired) electrons. The first kappa shape index (κ1) is 18.2. The van der Waals surface area contributed by atoms with Gasteiger partial charge in [-0.15, -0.1) is 0 Å². The van der Waals surface area contributed by atoms with Gasteiger partial charge in [0.15, 0.2) is 0 Å². The van der Waals surface area contributed by atoms with Gasteiger partial charge in [0.25, 0.3) is 11.5 Å². The molecule has 0 bridgehead atoms. The highest BCUT2D eigenvalue weighted by Crippen LogP contribution is 2.19. The molecular weight excluding hydrogens is 356 g/mol. The van der Waals surface area contributed by atoms with E-state index in [2.05, 4.69) is 5.32 Å². The fourth-order valence-corrected chi connectivity index (χ4v) is 3.57. The van der Waals surface area contributed by atoms with E-state index in [1.165, 1.54) is 0 Å². The zero-order chi connectivity index (χ0) is 19.5. The van der Waals surface area contributed by atoms with Crippen molar-refractivity contribution in [3.05, 3.63) is 69.8 Å². The van der Waals surface area contributed by atoms with Crippen molar-refractivity contribution < 1.29 is 10.0 Å². The van der Waals surface area contributed by atoms with Crippen molar-refractivity contribution >= 4 is 22.5 Å². The molecule has 1 aromatic heterocycles. The number of nitrogens with zero attached hydrogens (tertiary/aromatic N) is 2. The zero-order valence-corrected chi connectivity index (χ0v) is 15.4. The average molecular weight is 378 g/mol. The number of nitrogens with one attached hydrogen (secondary N) is 2. The zero-order valence-electron chi connectivity index (χ0n) is 15.4. The highest BCUT2D eigenvalue weighted by atomic mass is 16.5. The number of hydroxylamine groups is 1. The first-order valence-electron chi connectivity index (χ1n) is 9.46. The van der Waals surface area contributed by atoms with E-state index in [1.54, 1.807) is 17.6 Å². The van der Waals surface area contributed by atoms with Crippen molar-refractivity contribution in [2.75, 3.05) is 5.32 Å². The normalized spacial score (nSPS) is 13.6. The Morgan fingerprint density at radius 3 is 2.71 bits per heavy atom. The van der Waals surface area contributed by atoms with E-state index in [1.807, 2.05) is 34.9 Å². The number of carbonyl (C=O) groups is 1. The number of hydrogen-bond donors (Lipinski definition) is 3. The van der Waals surface area contributed by atoms with Gasteiger partial charge in [0.05, 0.1) is 10.9 Å². The summed E-state index contributed by atoms with van der Waals surface area (Å²) in [6.45, 7) is 1.29. The molecule has 0 spiro atoms. The molecule has 0 saturated heterocycles. The predicted octanol–water partition coefficient (Wildman–Crippen LogP) is 2.85. The van der Waals surface area contributed by atoms with Crippen LogP contribution in [0.25, 0.3) is 10.9 Å². The van der Waals surface area contributed by atoms with Crippen molar-refractivity contribution in [3.63, 3.8) is 0 Å². The van der Waals surface area contributed by atoms with Crippen LogP contribution in [-0.2, 0) is 19.5 Å². The SMILES string of the molecule is O=C(NO)c1ccc(CNc2ccc3nc4n(c(=O)c3c2)CCCCC4)cc1. The number of amides is 1. The van der Waals surface area contributed by atoms with Gasteiger partial charge >= 0.3 is 0 Å². The molecule has 4 rings (SSSR count). The van der Waals surface area contributed by atoms with E-state index in [0.717, 1.165) is 54.8 Å². The molecule has 0 fully saturated rings. The van der Waals surface area contributed by atoms with E-state index in [-0.39, 0.29) is 5.56 Å². The lowest BCUT2D eigenvalue weighted by Crippen LogP contribution is -2.24. The van der Waals surface area contributed by atoms with Gasteiger partial charge in [-0.2, -0.15) is 0 Å². The van der Waals surface area contributed by atoms with Gasteiger partial charge in [0.2, 0.25) is 0 Å². The summed E-state index contributed by atoms with van der Waals surface area (Å²) in [7, 11) is 0. The third-order valence-corrected chi connectivity index (χ3v) is 5.13. The van der Waals surface area contributed by atoms with Crippen LogP contribution in [0.1, 0.15) is 41.0 Å². The van der Waals surface area contributed by atoms with Crippen LogP contribution < -0.4 is 16.4 Å². The Morgan fingerprint density at radius 1 is 1.11 bits per heavy atom. The maximum atomic E-state index is 12.9. The molecule has 2 aromatic carbocycles. The van der Waals surface area contributed by atoms with Crippen LogP contribution in [0.15, 0.2) is 47.3 Å². The molecule has 0 aliphatic carbocycles. The highest BCUT2D eigenvalue weighted by molar-refractivity contribution is 5.93. The maximum absolute atomic E-state index is 12.9. The summed E-state index contributed by atoms with van der Waals surface area (Å²) in [4.78, 5) is 29.0. The molecule has 3 N–H and O–H groups in total. The van der Waals surface area contributed by atoms with Crippen LogP contribution in [0.4, 0.5) is 5.69 Å². The van der Waals surface area contributed by atoms with Crippen molar-refractivity contribution in [2.45, 2.75) is 38.8 Å². The molecule has 7 nitrogen and oxygen atoms in total. The Kier molecular flexibility index (Phi) is 5.08. The first-order valence-corrected chi connectivity index (χ1v) is 9.46. The summed E-state index contributed by atoms with van der Waals surface area (Å²) in [5.74, 6) is 0.351. The van der Waals surface area contributed by atoms with E-state index in [9.17, 15) is 9.59 Å². The predicted molar refractivity (Wildman–Crippen MR) is 107 cm³/mol. The first-order chi connectivity index (χ1) is 13.7. The Labute approximate surface area is 162 Å². The molecule has 0 atom stereocenters. The number of hydrogen-bond acceptors (Lipinski definition) is 5. The number of aromatic nitrogens is 2. The average Bonchev–Trinajstić information content (AvgIpc) is 2.98. The van der Waals surface area contributed by atoms with Crippen LogP contribution in [0.5, 0.6) is 0 Å². The summed E-state index contributed by atoms with van der Waals surface area (Å²) in [5.41, 5.74) is 4.59. The smallest absolute Gasteiger partial charge is 0.274 e. The summed E-state index contributed by atoms with van der Waals surface area (Å²) < 4.78 is 1.82. The van der Waals surface area contributed by atoms with Crippen molar-refractivity contribution in [1.82, 2.24) is 15.0 Å². The quantitative estimate of drug-likeness (QED) is 0.479. The molecule has 7 heteroatoms. The molecule has 144 valence electrons. The van der Waals surface area contributed by atoms with Gasteiger partial charge < -0.3 is 5.32 Å². The number of carbonyl (C=O) groups excluding carboxylic acids is 1. The second-order valence-electron chi connectivity index (χ2n) is 7.02. The number of rotatable bonds is 4. The van der Waals surface area contributed by atoms with Gasteiger partial charge in [-0.3, -0.25) is 19.4 Å². The Balaban J connectivity index is 1.55. The minimum Gasteiger partial charge on any atom is -0.381 e.